The number of hydrogen-bond donors (Lipinski definition) is 4. The van der Waals surface area contributed by atoms with Crippen molar-refractivity contribution in [1.29, 1.82) is 0 Å². The Kier molecular flexibility index (Phi) is 11.6. The zero-order chi connectivity index (χ0) is 39.0. The minimum atomic E-state index is -1.07. The summed E-state index contributed by atoms with van der Waals surface area (Å²) in [6.07, 6.45) is 7.07. The fourth-order valence-electron chi connectivity index (χ4n) is 8.97. The molecule has 4 N–H and O–H groups in total. The summed E-state index contributed by atoms with van der Waals surface area (Å²) < 4.78 is 11.0. The van der Waals surface area contributed by atoms with E-state index in [2.05, 4.69) is 50.7 Å². The van der Waals surface area contributed by atoms with Crippen molar-refractivity contribution in [2.45, 2.75) is 136 Å². The predicted molar refractivity (Wildman–Crippen MR) is 213 cm³/mol. The number of H-pyrrole nitrogens is 2. The SMILES string of the molecule is CCCCCC(C)CCOC(=O)CC[C@@H]1c2nc(cc3[nH]c(cc4nc(cc5[nH]c6c2[C@@H](C(=O)OC)C(O)=c6c5C)[C@H](CC)[C@H]4C)c(=C(C)O)c3C)[C@H]1C. The van der Waals surface area contributed by atoms with Crippen molar-refractivity contribution in [3.05, 3.63) is 68.1 Å². The summed E-state index contributed by atoms with van der Waals surface area (Å²) in [4.78, 5) is 44.3. The average Bonchev–Trinajstić information content (AvgIpc) is 3.87. The minimum Gasteiger partial charge on any atom is -0.512 e. The Labute approximate surface area is 318 Å². The van der Waals surface area contributed by atoms with Gasteiger partial charge in [-0.05, 0) is 75.3 Å². The number of carbonyl (C=O) groups is 2. The summed E-state index contributed by atoms with van der Waals surface area (Å²) in [5, 5.41) is 24.1. The molecule has 3 aromatic rings. The summed E-state index contributed by atoms with van der Waals surface area (Å²) in [5.74, 6) is -1.41. The van der Waals surface area contributed by atoms with E-state index in [0.717, 1.165) is 69.2 Å². The van der Waals surface area contributed by atoms with Crippen molar-refractivity contribution in [3.8, 4) is 0 Å². The molecule has 10 heteroatoms. The Balaban J connectivity index is 1.55. The number of methoxy groups -OCH3 is 1. The van der Waals surface area contributed by atoms with E-state index in [1.807, 2.05) is 26.0 Å². The lowest BCUT2D eigenvalue weighted by atomic mass is 9.84. The number of aromatic amines is 2. The highest BCUT2D eigenvalue weighted by molar-refractivity contribution is 5.96. The number of esters is 2. The smallest absolute Gasteiger partial charge is 0.321 e. The molecule has 5 heterocycles. The normalized spacial score (nSPS) is 21.6. The quantitative estimate of drug-likeness (QED) is 0.107. The Hall–Kier alpha value is -4.60. The molecule has 6 atom stereocenters. The van der Waals surface area contributed by atoms with E-state index >= 15 is 0 Å². The van der Waals surface area contributed by atoms with Gasteiger partial charge in [0.05, 0.1) is 36.2 Å². The van der Waals surface area contributed by atoms with Crippen LogP contribution >= 0.6 is 0 Å². The third-order valence-corrected chi connectivity index (χ3v) is 12.3. The first-order valence-electron chi connectivity index (χ1n) is 19.9. The van der Waals surface area contributed by atoms with Crippen LogP contribution in [0.3, 0.4) is 0 Å². The number of carbonyl (C=O) groups excluding carboxylic acids is 2. The molecule has 0 fully saturated rings. The summed E-state index contributed by atoms with van der Waals surface area (Å²) >= 11 is 0. The zero-order valence-electron chi connectivity index (χ0n) is 33.5. The molecule has 0 radical (unpaired) electrons. The van der Waals surface area contributed by atoms with Crippen LogP contribution < -0.4 is 10.4 Å². The van der Waals surface area contributed by atoms with Gasteiger partial charge in [0.15, 0.2) is 0 Å². The third-order valence-electron chi connectivity index (χ3n) is 12.3. The van der Waals surface area contributed by atoms with Gasteiger partial charge in [0, 0.05) is 74.2 Å². The van der Waals surface area contributed by atoms with E-state index in [1.165, 1.54) is 26.4 Å². The predicted octanol–water partition coefficient (Wildman–Crippen LogP) is 8.67. The molecular formula is C44H58N4O6. The molecule has 0 aromatic carbocycles. The van der Waals surface area contributed by atoms with Gasteiger partial charge in [0.1, 0.15) is 11.7 Å². The lowest BCUT2D eigenvalue weighted by Gasteiger charge is -2.19. The number of unbranched alkanes of at least 4 members (excludes halogenated alkanes) is 2. The van der Waals surface area contributed by atoms with E-state index in [1.54, 1.807) is 6.92 Å². The van der Waals surface area contributed by atoms with Crippen LogP contribution in [-0.2, 0) is 19.1 Å². The molecule has 10 nitrogen and oxygen atoms in total. The minimum absolute atomic E-state index is 0.0711. The molecule has 0 saturated carbocycles. The molecular weight excluding hydrogens is 681 g/mol. The van der Waals surface area contributed by atoms with Crippen LogP contribution in [0.15, 0.2) is 18.2 Å². The maximum Gasteiger partial charge on any atom is 0.321 e. The monoisotopic (exact) mass is 738 g/mol. The van der Waals surface area contributed by atoms with E-state index in [0.29, 0.717) is 40.9 Å². The standard InChI is InChI=1S/C44H58N4O6/c1-10-12-13-14-22(3)17-18-54-36(50)16-15-29-24(5)31-19-32-25(6)37(27(8)49)35(46-32)21-30-23(4)28(11-2)34(45-30)20-33-26(7)38-42(48-33)39(41(29)47-31)40(43(38)51)44(52)53-9/h19-24,28-29,40,46,48-49,51H,10-18H2,1-9H3/t22?,23-,24+,28-,29+,40-/m1/s1. The molecule has 1 unspecified atom stereocenters. The Morgan fingerprint density at radius 3 is 2.26 bits per heavy atom. The van der Waals surface area contributed by atoms with Crippen LogP contribution in [0.5, 0.6) is 0 Å². The molecule has 2 aliphatic heterocycles. The molecule has 6 rings (SSSR count). The Morgan fingerprint density at radius 1 is 0.907 bits per heavy atom. The number of hydrogen-bond acceptors (Lipinski definition) is 8. The maximum atomic E-state index is 13.5. The van der Waals surface area contributed by atoms with Crippen LogP contribution in [-0.4, -0.2) is 55.8 Å². The van der Waals surface area contributed by atoms with E-state index in [9.17, 15) is 19.8 Å². The molecule has 8 bridgehead atoms. The number of ether oxygens (including phenoxy) is 2. The first-order chi connectivity index (χ1) is 25.8. The number of aryl methyl sites for hydroxylation is 2. The van der Waals surface area contributed by atoms with E-state index in [-0.39, 0.29) is 47.6 Å². The average molecular weight is 739 g/mol. The zero-order valence-corrected chi connectivity index (χ0v) is 33.5. The molecule has 0 spiro atoms. The second kappa shape index (κ2) is 16.0. The lowest BCUT2D eigenvalue weighted by molar-refractivity contribution is -0.144. The lowest BCUT2D eigenvalue weighted by Crippen LogP contribution is -2.18. The van der Waals surface area contributed by atoms with Crippen LogP contribution in [0, 0.1) is 19.8 Å². The molecule has 3 aromatic heterocycles. The first kappa shape index (κ1) is 39.1. The molecule has 0 amide bonds. The van der Waals surface area contributed by atoms with Gasteiger partial charge in [-0.15, -0.1) is 0 Å². The number of aliphatic hydroxyl groups excluding tert-OH is 2. The molecule has 0 saturated heterocycles. The third kappa shape index (κ3) is 7.16. The highest BCUT2D eigenvalue weighted by Crippen LogP contribution is 2.46. The van der Waals surface area contributed by atoms with Crippen molar-refractivity contribution >= 4 is 45.5 Å². The van der Waals surface area contributed by atoms with Gasteiger partial charge in [-0.3, -0.25) is 19.6 Å². The first-order valence-corrected chi connectivity index (χ1v) is 19.9. The second-order valence-electron chi connectivity index (χ2n) is 15.9. The number of aromatic nitrogens is 4. The van der Waals surface area contributed by atoms with Gasteiger partial charge in [0.25, 0.3) is 0 Å². The fourth-order valence-corrected chi connectivity index (χ4v) is 8.97. The number of nitrogens with one attached hydrogen (secondary N) is 2. The topological polar surface area (TPSA) is 150 Å². The van der Waals surface area contributed by atoms with Crippen LogP contribution in [0.2, 0.25) is 0 Å². The van der Waals surface area contributed by atoms with Crippen LogP contribution in [0.1, 0.15) is 162 Å². The van der Waals surface area contributed by atoms with Crippen molar-refractivity contribution in [2.75, 3.05) is 13.7 Å². The van der Waals surface area contributed by atoms with Crippen LogP contribution in [0.4, 0.5) is 0 Å². The van der Waals surface area contributed by atoms with E-state index < -0.39 is 11.9 Å². The summed E-state index contributed by atoms with van der Waals surface area (Å²) in [5.41, 5.74) is 8.52. The Morgan fingerprint density at radius 2 is 1.57 bits per heavy atom. The van der Waals surface area contributed by atoms with Crippen molar-refractivity contribution in [3.63, 3.8) is 0 Å². The molecule has 54 heavy (non-hydrogen) atoms. The van der Waals surface area contributed by atoms with Crippen molar-refractivity contribution < 1.29 is 29.3 Å². The highest BCUT2D eigenvalue weighted by Gasteiger charge is 2.41. The van der Waals surface area contributed by atoms with Gasteiger partial charge in [-0.2, -0.15) is 0 Å². The maximum absolute atomic E-state index is 13.5. The van der Waals surface area contributed by atoms with Gasteiger partial charge in [-0.25, -0.2) is 0 Å². The largest absolute Gasteiger partial charge is 0.512 e. The van der Waals surface area contributed by atoms with Crippen molar-refractivity contribution in [1.82, 2.24) is 19.9 Å². The number of aliphatic hydroxyl groups is 2. The van der Waals surface area contributed by atoms with Gasteiger partial charge in [0.2, 0.25) is 0 Å². The van der Waals surface area contributed by atoms with E-state index in [4.69, 9.17) is 19.4 Å². The van der Waals surface area contributed by atoms with Gasteiger partial charge >= 0.3 is 11.9 Å². The second-order valence-corrected chi connectivity index (χ2v) is 15.9. The fraction of sp³-hybridized carbons (Fsp3) is 0.545. The summed E-state index contributed by atoms with van der Waals surface area (Å²) in [7, 11) is 1.33. The van der Waals surface area contributed by atoms with Gasteiger partial charge in [-0.1, -0.05) is 60.3 Å². The summed E-state index contributed by atoms with van der Waals surface area (Å²) in [6, 6.07) is 6.11. The number of nitrogens with zero attached hydrogens (tertiary/aromatic N) is 2. The van der Waals surface area contributed by atoms with Crippen LogP contribution in [0.25, 0.3) is 33.6 Å². The Bertz CT molecular complexity index is 2230. The van der Waals surface area contributed by atoms with Gasteiger partial charge < -0.3 is 29.7 Å². The highest BCUT2D eigenvalue weighted by atomic mass is 16.5. The summed E-state index contributed by atoms with van der Waals surface area (Å²) in [6.45, 7) is 16.8. The number of rotatable bonds is 12. The molecule has 1 aliphatic carbocycles. The molecule has 290 valence electrons. The van der Waals surface area contributed by atoms with Crippen molar-refractivity contribution in [2.24, 2.45) is 5.92 Å². The molecule has 3 aliphatic rings. The number of fused-ring (bicyclic) bond motifs is 8.